The number of esters is 1. The van der Waals surface area contributed by atoms with E-state index >= 15 is 0 Å². The first-order valence-electron chi connectivity index (χ1n) is 15.1. The lowest BCUT2D eigenvalue weighted by molar-refractivity contribution is 0.0523. The topological polar surface area (TPSA) is 70.7 Å². The Kier molecular flexibility index (Phi) is 8.46. The first-order valence-corrected chi connectivity index (χ1v) is 15.5. The lowest BCUT2D eigenvalue weighted by Crippen LogP contribution is -2.47. The minimum absolute atomic E-state index is 0.298. The Bertz CT molecular complexity index is 1630. The van der Waals surface area contributed by atoms with Gasteiger partial charge in [-0.1, -0.05) is 43.2 Å². The molecular formula is C35H39ClN4O3. The van der Waals surface area contributed by atoms with E-state index in [9.17, 15) is 4.79 Å². The molecule has 8 heteroatoms. The van der Waals surface area contributed by atoms with Crippen molar-refractivity contribution < 1.29 is 14.3 Å². The first-order chi connectivity index (χ1) is 20.8. The quantitative estimate of drug-likeness (QED) is 0.207. The predicted molar refractivity (Wildman–Crippen MR) is 173 cm³/mol. The number of piperazine rings is 1. The van der Waals surface area contributed by atoms with Crippen LogP contribution in [-0.4, -0.2) is 60.2 Å². The Morgan fingerprint density at radius 2 is 1.84 bits per heavy atom. The maximum Gasteiger partial charge on any atom is 0.341 e. The third-order valence-corrected chi connectivity index (χ3v) is 8.85. The van der Waals surface area contributed by atoms with Gasteiger partial charge in [-0.3, -0.25) is 4.90 Å². The average molecular weight is 599 g/mol. The average Bonchev–Trinajstić information content (AvgIpc) is 3.47. The lowest BCUT2D eigenvalue weighted by atomic mass is 9.72. The number of aromatic amines is 1. The molecule has 0 spiro atoms. The highest BCUT2D eigenvalue weighted by atomic mass is 35.5. The van der Waals surface area contributed by atoms with Gasteiger partial charge in [0.25, 0.3) is 0 Å². The molecule has 224 valence electrons. The summed E-state index contributed by atoms with van der Waals surface area (Å²) >= 11 is 6.20. The second-order valence-corrected chi connectivity index (χ2v) is 12.7. The summed E-state index contributed by atoms with van der Waals surface area (Å²) in [6.45, 7) is 11.6. The van der Waals surface area contributed by atoms with Crippen LogP contribution in [0.1, 0.15) is 56.0 Å². The SMILES string of the molecule is CCOC(=O)c1ccc(N2CCN(CC3=C(c4ccc(Cl)cc4)CC(C)(C)CC3)CC2)cc1Oc1cnc2[nH]ccc2c1. The van der Waals surface area contributed by atoms with Gasteiger partial charge < -0.3 is 19.4 Å². The standard InChI is InChI=1S/C35H39ClN4O3/c1-4-42-34(41)30-10-9-28(20-32(30)43-29-19-25-12-14-37-33(25)38-22-29)40-17-15-39(16-18-40)23-26-11-13-35(2,3)21-31(26)24-5-7-27(36)8-6-24/h5-10,12,14,19-20,22H,4,11,13,15-18,21,23H2,1-3H3,(H,37,38). The van der Waals surface area contributed by atoms with Crippen molar-refractivity contribution in [3.05, 3.63) is 88.7 Å². The number of carbonyl (C=O) groups excluding carboxylic acids is 1. The van der Waals surface area contributed by atoms with Crippen LogP contribution in [0.4, 0.5) is 5.69 Å². The Morgan fingerprint density at radius 3 is 2.60 bits per heavy atom. The minimum Gasteiger partial charge on any atom is -0.462 e. The number of hydrogen-bond acceptors (Lipinski definition) is 6. The second kappa shape index (κ2) is 12.4. The summed E-state index contributed by atoms with van der Waals surface area (Å²) < 4.78 is 11.6. The number of rotatable bonds is 8. The van der Waals surface area contributed by atoms with Crippen molar-refractivity contribution in [1.29, 1.82) is 0 Å². The molecule has 2 aromatic carbocycles. The largest absolute Gasteiger partial charge is 0.462 e. The molecule has 6 rings (SSSR count). The third-order valence-electron chi connectivity index (χ3n) is 8.59. The van der Waals surface area contributed by atoms with Gasteiger partial charge in [-0.2, -0.15) is 0 Å². The van der Waals surface area contributed by atoms with Gasteiger partial charge in [-0.05, 0) is 79.1 Å². The molecule has 0 atom stereocenters. The molecular weight excluding hydrogens is 560 g/mol. The zero-order valence-corrected chi connectivity index (χ0v) is 25.9. The fourth-order valence-electron chi connectivity index (χ4n) is 6.17. The monoisotopic (exact) mass is 598 g/mol. The molecule has 0 bridgehead atoms. The number of benzene rings is 2. The molecule has 1 aliphatic carbocycles. The van der Waals surface area contributed by atoms with Crippen LogP contribution >= 0.6 is 11.6 Å². The van der Waals surface area contributed by atoms with Gasteiger partial charge in [0, 0.05) is 61.1 Å². The maximum atomic E-state index is 12.8. The summed E-state index contributed by atoms with van der Waals surface area (Å²) in [5.74, 6) is 0.641. The molecule has 3 heterocycles. The number of H-pyrrole nitrogens is 1. The Morgan fingerprint density at radius 1 is 1.05 bits per heavy atom. The van der Waals surface area contributed by atoms with Gasteiger partial charge in [0.2, 0.25) is 0 Å². The van der Waals surface area contributed by atoms with Crippen molar-refractivity contribution in [3.8, 4) is 11.5 Å². The van der Waals surface area contributed by atoms with Gasteiger partial charge in [-0.25, -0.2) is 9.78 Å². The van der Waals surface area contributed by atoms with Crippen molar-refractivity contribution in [2.75, 3.05) is 44.2 Å². The smallest absolute Gasteiger partial charge is 0.341 e. The molecule has 43 heavy (non-hydrogen) atoms. The van der Waals surface area contributed by atoms with E-state index in [2.05, 4.69) is 45.7 Å². The summed E-state index contributed by atoms with van der Waals surface area (Å²) in [6.07, 6.45) is 6.94. The number of aromatic nitrogens is 2. The van der Waals surface area contributed by atoms with Crippen LogP contribution in [0.3, 0.4) is 0 Å². The number of pyridine rings is 1. The third kappa shape index (κ3) is 6.73. The first kappa shape index (κ1) is 29.3. The number of ether oxygens (including phenoxy) is 2. The molecule has 1 saturated heterocycles. The van der Waals surface area contributed by atoms with Crippen LogP contribution in [-0.2, 0) is 4.74 Å². The molecule has 0 unspecified atom stereocenters. The molecule has 2 aromatic heterocycles. The van der Waals surface area contributed by atoms with Crippen LogP contribution in [0, 0.1) is 5.41 Å². The number of hydrogen-bond donors (Lipinski definition) is 1. The van der Waals surface area contributed by atoms with Crippen molar-refractivity contribution in [3.63, 3.8) is 0 Å². The number of carbonyl (C=O) groups is 1. The van der Waals surface area contributed by atoms with E-state index in [1.54, 1.807) is 18.7 Å². The molecule has 1 fully saturated rings. The van der Waals surface area contributed by atoms with E-state index in [0.717, 1.165) is 67.3 Å². The fraction of sp³-hybridized carbons (Fsp3) is 0.371. The molecule has 1 N–H and O–H groups in total. The number of fused-ring (bicyclic) bond motifs is 1. The number of halogens is 1. The van der Waals surface area contributed by atoms with E-state index in [1.807, 2.05) is 48.7 Å². The molecule has 7 nitrogen and oxygen atoms in total. The minimum atomic E-state index is -0.398. The maximum absolute atomic E-state index is 12.8. The molecule has 4 aromatic rings. The predicted octanol–water partition coefficient (Wildman–Crippen LogP) is 7.97. The van der Waals surface area contributed by atoms with Gasteiger partial charge in [0.1, 0.15) is 22.7 Å². The highest BCUT2D eigenvalue weighted by molar-refractivity contribution is 6.30. The molecule has 0 saturated carbocycles. The Hall–Kier alpha value is -3.81. The van der Waals surface area contributed by atoms with Crippen molar-refractivity contribution >= 4 is 39.9 Å². The van der Waals surface area contributed by atoms with Crippen LogP contribution < -0.4 is 9.64 Å². The zero-order chi connectivity index (χ0) is 30.0. The van der Waals surface area contributed by atoms with Gasteiger partial charge >= 0.3 is 5.97 Å². The van der Waals surface area contributed by atoms with E-state index in [1.165, 1.54) is 17.6 Å². The van der Waals surface area contributed by atoms with Crippen molar-refractivity contribution in [1.82, 2.24) is 14.9 Å². The van der Waals surface area contributed by atoms with E-state index in [0.29, 0.717) is 29.1 Å². The summed E-state index contributed by atoms with van der Waals surface area (Å²) in [4.78, 5) is 25.2. The highest BCUT2D eigenvalue weighted by Gasteiger charge is 2.29. The van der Waals surface area contributed by atoms with Gasteiger partial charge in [0.05, 0.1) is 12.8 Å². The Labute approximate surface area is 258 Å². The summed E-state index contributed by atoms with van der Waals surface area (Å²) in [5, 5.41) is 1.72. The number of anilines is 1. The highest BCUT2D eigenvalue weighted by Crippen LogP contribution is 2.43. The Balaban J connectivity index is 1.18. The molecule has 2 aliphatic rings. The zero-order valence-electron chi connectivity index (χ0n) is 25.2. The summed E-state index contributed by atoms with van der Waals surface area (Å²) in [7, 11) is 0. The molecule has 0 radical (unpaired) electrons. The van der Waals surface area contributed by atoms with Crippen LogP contribution in [0.25, 0.3) is 16.6 Å². The van der Waals surface area contributed by atoms with Crippen molar-refractivity contribution in [2.45, 2.75) is 40.0 Å². The van der Waals surface area contributed by atoms with E-state index in [-0.39, 0.29) is 0 Å². The molecule has 1 aliphatic heterocycles. The lowest BCUT2D eigenvalue weighted by Gasteiger charge is -2.39. The van der Waals surface area contributed by atoms with E-state index in [4.69, 9.17) is 21.1 Å². The van der Waals surface area contributed by atoms with Gasteiger partial charge in [0.15, 0.2) is 0 Å². The summed E-state index contributed by atoms with van der Waals surface area (Å²) in [5.41, 5.74) is 6.86. The second-order valence-electron chi connectivity index (χ2n) is 12.3. The molecule has 0 amide bonds. The number of nitrogens with zero attached hydrogens (tertiary/aromatic N) is 3. The van der Waals surface area contributed by atoms with Crippen molar-refractivity contribution in [2.24, 2.45) is 5.41 Å². The van der Waals surface area contributed by atoms with Gasteiger partial charge in [-0.15, -0.1) is 0 Å². The van der Waals surface area contributed by atoms with Crippen LogP contribution in [0.5, 0.6) is 11.5 Å². The number of nitrogens with one attached hydrogen (secondary N) is 1. The van der Waals surface area contributed by atoms with E-state index < -0.39 is 5.97 Å². The summed E-state index contributed by atoms with van der Waals surface area (Å²) in [6, 6.07) is 18.0. The number of allylic oxidation sites excluding steroid dienone is 1. The van der Waals surface area contributed by atoms with Crippen LogP contribution in [0.15, 0.2) is 72.6 Å². The fourth-order valence-corrected chi connectivity index (χ4v) is 6.30. The van der Waals surface area contributed by atoms with Crippen LogP contribution in [0.2, 0.25) is 5.02 Å². The normalized spacial score (nSPS) is 17.3.